The highest BCUT2D eigenvalue weighted by atomic mass is 16.5. The second-order valence-corrected chi connectivity index (χ2v) is 5.14. The first-order valence-corrected chi connectivity index (χ1v) is 6.88. The summed E-state index contributed by atoms with van der Waals surface area (Å²) in [5.74, 6) is -1.31. The van der Waals surface area contributed by atoms with E-state index in [0.29, 0.717) is 11.3 Å². The van der Waals surface area contributed by atoms with Crippen molar-refractivity contribution in [1.82, 2.24) is 0 Å². The van der Waals surface area contributed by atoms with Gasteiger partial charge >= 0.3 is 5.97 Å². The molecule has 0 heterocycles. The molecule has 0 bridgehead atoms. The molecular formula is C15H18N2O4. The van der Waals surface area contributed by atoms with E-state index in [1.54, 1.807) is 12.1 Å². The molecule has 6 heteroatoms. The van der Waals surface area contributed by atoms with E-state index in [0.717, 1.165) is 19.3 Å². The molecule has 112 valence electrons. The van der Waals surface area contributed by atoms with Crippen molar-refractivity contribution in [2.24, 2.45) is 11.7 Å². The highest BCUT2D eigenvalue weighted by Crippen LogP contribution is 2.27. The second kappa shape index (κ2) is 6.39. The molecule has 1 aromatic rings. The Morgan fingerprint density at radius 2 is 1.86 bits per heavy atom. The van der Waals surface area contributed by atoms with Crippen LogP contribution in [0.4, 0.5) is 5.69 Å². The van der Waals surface area contributed by atoms with Crippen LogP contribution in [0.3, 0.4) is 0 Å². The summed E-state index contributed by atoms with van der Waals surface area (Å²) in [5.41, 5.74) is 6.00. The van der Waals surface area contributed by atoms with Gasteiger partial charge in [0.25, 0.3) is 5.91 Å². The van der Waals surface area contributed by atoms with E-state index in [1.807, 2.05) is 0 Å². The molecule has 0 radical (unpaired) electrons. The Hall–Kier alpha value is -2.37. The molecule has 0 saturated heterocycles. The zero-order valence-corrected chi connectivity index (χ0v) is 11.8. The Morgan fingerprint density at radius 1 is 1.24 bits per heavy atom. The van der Waals surface area contributed by atoms with Gasteiger partial charge in [0.1, 0.15) is 0 Å². The van der Waals surface area contributed by atoms with E-state index < -0.39 is 17.9 Å². The zero-order chi connectivity index (χ0) is 15.4. The molecule has 2 amide bonds. The fourth-order valence-electron chi connectivity index (χ4n) is 1.93. The van der Waals surface area contributed by atoms with E-state index in [1.165, 1.54) is 19.1 Å². The Bertz CT molecular complexity index is 549. The second-order valence-electron chi connectivity index (χ2n) is 5.14. The SMILES string of the molecule is C[C@@H](OC(=O)C1CCC1)C(=O)Nc1ccc(C(N)=O)cc1. The van der Waals surface area contributed by atoms with Gasteiger partial charge in [0.15, 0.2) is 6.10 Å². The Balaban J connectivity index is 1.87. The predicted octanol–water partition coefficient (Wildman–Crippen LogP) is 1.46. The summed E-state index contributed by atoms with van der Waals surface area (Å²) >= 11 is 0. The third-order valence-electron chi connectivity index (χ3n) is 3.54. The summed E-state index contributed by atoms with van der Waals surface area (Å²) in [7, 11) is 0. The standard InChI is InChI=1S/C15H18N2O4/c1-9(21-15(20)11-3-2-4-11)14(19)17-12-7-5-10(6-8-12)13(16)18/h5-9,11H,2-4H2,1H3,(H2,16,18)(H,17,19)/t9-/m1/s1. The van der Waals surface area contributed by atoms with Gasteiger partial charge in [0, 0.05) is 11.3 Å². The number of carbonyl (C=O) groups is 3. The number of amides is 2. The van der Waals surface area contributed by atoms with Crippen LogP contribution < -0.4 is 11.1 Å². The molecule has 1 saturated carbocycles. The van der Waals surface area contributed by atoms with Gasteiger partial charge in [-0.1, -0.05) is 6.42 Å². The highest BCUT2D eigenvalue weighted by Gasteiger charge is 2.29. The fourth-order valence-corrected chi connectivity index (χ4v) is 1.93. The van der Waals surface area contributed by atoms with Gasteiger partial charge in [-0.15, -0.1) is 0 Å². The lowest BCUT2D eigenvalue weighted by Gasteiger charge is -2.24. The maximum atomic E-state index is 11.9. The molecule has 2 rings (SSSR count). The first kappa shape index (κ1) is 15.0. The molecule has 1 aromatic carbocycles. The highest BCUT2D eigenvalue weighted by molar-refractivity contribution is 5.96. The number of primary amides is 1. The molecule has 1 aliphatic carbocycles. The Labute approximate surface area is 122 Å². The zero-order valence-electron chi connectivity index (χ0n) is 11.8. The van der Waals surface area contributed by atoms with Crippen LogP contribution in [0.25, 0.3) is 0 Å². The van der Waals surface area contributed by atoms with Crippen molar-refractivity contribution < 1.29 is 19.1 Å². The first-order valence-electron chi connectivity index (χ1n) is 6.88. The average Bonchev–Trinajstić information content (AvgIpc) is 2.36. The molecule has 0 aliphatic heterocycles. The number of nitrogens with one attached hydrogen (secondary N) is 1. The van der Waals surface area contributed by atoms with Crippen LogP contribution in [0.15, 0.2) is 24.3 Å². The Kier molecular flexibility index (Phi) is 4.57. The lowest BCUT2D eigenvalue weighted by atomic mass is 9.86. The minimum absolute atomic E-state index is 0.0601. The van der Waals surface area contributed by atoms with E-state index >= 15 is 0 Å². The number of benzene rings is 1. The largest absolute Gasteiger partial charge is 0.452 e. The number of ether oxygens (including phenoxy) is 1. The number of anilines is 1. The van der Waals surface area contributed by atoms with Crippen LogP contribution >= 0.6 is 0 Å². The van der Waals surface area contributed by atoms with Crippen LogP contribution in [0.5, 0.6) is 0 Å². The summed E-state index contributed by atoms with van der Waals surface area (Å²) in [4.78, 5) is 34.5. The molecule has 0 spiro atoms. The van der Waals surface area contributed by atoms with Crippen molar-refractivity contribution in [2.75, 3.05) is 5.32 Å². The normalized spacial score (nSPS) is 15.7. The van der Waals surface area contributed by atoms with Crippen LogP contribution in [0.1, 0.15) is 36.5 Å². The van der Waals surface area contributed by atoms with Gasteiger partial charge in [0.05, 0.1) is 5.92 Å². The number of carbonyl (C=O) groups excluding carboxylic acids is 3. The summed E-state index contributed by atoms with van der Waals surface area (Å²) in [6, 6.07) is 6.17. The van der Waals surface area contributed by atoms with Crippen LogP contribution in [-0.4, -0.2) is 23.9 Å². The van der Waals surface area contributed by atoms with Crippen molar-refractivity contribution in [1.29, 1.82) is 0 Å². The quantitative estimate of drug-likeness (QED) is 0.802. The molecule has 6 nitrogen and oxygen atoms in total. The van der Waals surface area contributed by atoms with Gasteiger partial charge in [-0.05, 0) is 44.0 Å². The molecule has 0 aromatic heterocycles. The number of nitrogens with two attached hydrogens (primary N) is 1. The number of hydrogen-bond acceptors (Lipinski definition) is 4. The third-order valence-corrected chi connectivity index (χ3v) is 3.54. The van der Waals surface area contributed by atoms with Crippen molar-refractivity contribution in [3.63, 3.8) is 0 Å². The van der Waals surface area contributed by atoms with Crippen LogP contribution in [0, 0.1) is 5.92 Å². The van der Waals surface area contributed by atoms with Gasteiger partial charge in [-0.2, -0.15) is 0 Å². The molecular weight excluding hydrogens is 272 g/mol. The average molecular weight is 290 g/mol. The van der Waals surface area contributed by atoms with Gasteiger partial charge in [0.2, 0.25) is 5.91 Å². The van der Waals surface area contributed by atoms with E-state index in [2.05, 4.69) is 5.32 Å². The molecule has 1 aliphatic rings. The van der Waals surface area contributed by atoms with Crippen molar-refractivity contribution >= 4 is 23.5 Å². The van der Waals surface area contributed by atoms with Crippen LogP contribution in [0.2, 0.25) is 0 Å². The molecule has 0 unspecified atom stereocenters. The van der Waals surface area contributed by atoms with E-state index in [4.69, 9.17) is 10.5 Å². The van der Waals surface area contributed by atoms with Crippen molar-refractivity contribution in [2.45, 2.75) is 32.3 Å². The maximum Gasteiger partial charge on any atom is 0.309 e. The summed E-state index contributed by atoms with van der Waals surface area (Å²) in [6.45, 7) is 1.53. The summed E-state index contributed by atoms with van der Waals surface area (Å²) < 4.78 is 5.13. The minimum Gasteiger partial charge on any atom is -0.452 e. The van der Waals surface area contributed by atoms with Gasteiger partial charge in [-0.25, -0.2) is 0 Å². The predicted molar refractivity (Wildman–Crippen MR) is 76.5 cm³/mol. The number of rotatable bonds is 5. The molecule has 1 atom stereocenters. The molecule has 3 N–H and O–H groups in total. The van der Waals surface area contributed by atoms with E-state index in [9.17, 15) is 14.4 Å². The van der Waals surface area contributed by atoms with Gasteiger partial charge < -0.3 is 15.8 Å². The minimum atomic E-state index is -0.853. The third kappa shape index (κ3) is 3.81. The van der Waals surface area contributed by atoms with Crippen molar-refractivity contribution in [3.05, 3.63) is 29.8 Å². The monoisotopic (exact) mass is 290 g/mol. The molecule has 1 fully saturated rings. The lowest BCUT2D eigenvalue weighted by Crippen LogP contribution is -2.34. The lowest BCUT2D eigenvalue weighted by molar-refractivity contribution is -0.159. The smallest absolute Gasteiger partial charge is 0.309 e. The van der Waals surface area contributed by atoms with Crippen molar-refractivity contribution in [3.8, 4) is 0 Å². The summed E-state index contributed by atoms with van der Waals surface area (Å²) in [6.07, 6.45) is 1.85. The topological polar surface area (TPSA) is 98.5 Å². The first-order chi connectivity index (χ1) is 9.97. The van der Waals surface area contributed by atoms with E-state index in [-0.39, 0.29) is 11.9 Å². The molecule has 21 heavy (non-hydrogen) atoms. The fraction of sp³-hybridized carbons (Fsp3) is 0.400. The summed E-state index contributed by atoms with van der Waals surface area (Å²) in [5, 5.41) is 2.62. The number of hydrogen-bond donors (Lipinski definition) is 2. The van der Waals surface area contributed by atoms with Gasteiger partial charge in [-0.3, -0.25) is 14.4 Å². The Morgan fingerprint density at radius 3 is 2.33 bits per heavy atom. The van der Waals surface area contributed by atoms with Crippen LogP contribution in [-0.2, 0) is 14.3 Å². The number of esters is 1. The maximum absolute atomic E-state index is 11.9.